The van der Waals surface area contributed by atoms with E-state index in [4.69, 9.17) is 15.5 Å². The van der Waals surface area contributed by atoms with Gasteiger partial charge in [-0.2, -0.15) is 0 Å². The molecule has 36 heavy (non-hydrogen) atoms. The number of hydrogen-bond acceptors (Lipinski definition) is 8. The lowest BCUT2D eigenvalue weighted by molar-refractivity contribution is 0.0342. The number of amides is 1. The van der Waals surface area contributed by atoms with Gasteiger partial charge in [-0.1, -0.05) is 44.5 Å². The van der Waals surface area contributed by atoms with Crippen LogP contribution in [-0.2, 0) is 11.3 Å². The SMILES string of the molecule is CC.NC(=O)c1cc(-c2ccc(CN3CCOCC3)cc2)nc2c(NC3CCCCNC3)ncnc12. The first-order valence-electron chi connectivity index (χ1n) is 13.0. The molecule has 0 bridgehead atoms. The van der Waals surface area contributed by atoms with Crippen LogP contribution in [0.25, 0.3) is 22.3 Å². The molecule has 0 saturated carbocycles. The van der Waals surface area contributed by atoms with E-state index in [1.807, 2.05) is 26.0 Å². The van der Waals surface area contributed by atoms with Crippen LogP contribution in [0.2, 0.25) is 0 Å². The highest BCUT2D eigenvalue weighted by atomic mass is 16.5. The van der Waals surface area contributed by atoms with Gasteiger partial charge in [0.2, 0.25) is 0 Å². The van der Waals surface area contributed by atoms with E-state index in [2.05, 4.69) is 37.6 Å². The zero-order valence-electron chi connectivity index (χ0n) is 21.3. The molecule has 5 rings (SSSR count). The van der Waals surface area contributed by atoms with Gasteiger partial charge < -0.3 is 21.1 Å². The highest BCUT2D eigenvalue weighted by Crippen LogP contribution is 2.28. The number of carbonyl (C=O) groups excluding carboxylic acids is 1. The van der Waals surface area contributed by atoms with Crippen LogP contribution in [0.15, 0.2) is 36.7 Å². The van der Waals surface area contributed by atoms with Gasteiger partial charge in [-0.05, 0) is 31.0 Å². The molecule has 4 heterocycles. The quantitative estimate of drug-likeness (QED) is 0.481. The second kappa shape index (κ2) is 12.7. The Bertz CT molecular complexity index is 1140. The number of fused-ring (bicyclic) bond motifs is 1. The molecule has 2 aliphatic heterocycles. The number of rotatable bonds is 6. The number of nitrogens with one attached hydrogen (secondary N) is 2. The van der Waals surface area contributed by atoms with E-state index in [-0.39, 0.29) is 6.04 Å². The van der Waals surface area contributed by atoms with E-state index >= 15 is 0 Å². The van der Waals surface area contributed by atoms with Crippen LogP contribution in [0.1, 0.15) is 49.0 Å². The summed E-state index contributed by atoms with van der Waals surface area (Å²) < 4.78 is 5.44. The van der Waals surface area contributed by atoms with Crippen molar-refractivity contribution in [1.82, 2.24) is 25.2 Å². The lowest BCUT2D eigenvalue weighted by Crippen LogP contribution is -2.35. The number of nitrogens with two attached hydrogens (primary N) is 1. The predicted octanol–water partition coefficient (Wildman–Crippen LogP) is 3.20. The average Bonchev–Trinajstić information content (AvgIpc) is 3.19. The first kappa shape index (κ1) is 25.9. The fraction of sp³-hybridized carbons (Fsp3) is 0.481. The Labute approximate surface area is 212 Å². The summed E-state index contributed by atoms with van der Waals surface area (Å²) in [6.45, 7) is 10.2. The molecule has 2 saturated heterocycles. The van der Waals surface area contributed by atoms with Crippen LogP contribution < -0.4 is 16.4 Å². The Morgan fingerprint density at radius 2 is 1.92 bits per heavy atom. The number of primary amides is 1. The summed E-state index contributed by atoms with van der Waals surface area (Å²) in [5.41, 5.74) is 9.95. The third kappa shape index (κ3) is 6.34. The van der Waals surface area contributed by atoms with E-state index in [9.17, 15) is 4.79 Å². The largest absolute Gasteiger partial charge is 0.379 e. The number of aromatic nitrogens is 3. The van der Waals surface area contributed by atoms with Gasteiger partial charge in [0.15, 0.2) is 5.82 Å². The Balaban J connectivity index is 0.00000148. The van der Waals surface area contributed by atoms with Gasteiger partial charge >= 0.3 is 0 Å². The number of benzene rings is 1. The van der Waals surface area contributed by atoms with Crippen molar-refractivity contribution in [1.29, 1.82) is 0 Å². The molecule has 4 N–H and O–H groups in total. The van der Waals surface area contributed by atoms with Crippen LogP contribution in [-0.4, -0.2) is 71.2 Å². The second-order valence-electron chi connectivity index (χ2n) is 8.97. The summed E-state index contributed by atoms with van der Waals surface area (Å²) in [6.07, 6.45) is 4.82. The number of carbonyl (C=O) groups is 1. The summed E-state index contributed by atoms with van der Waals surface area (Å²) in [7, 11) is 0. The van der Waals surface area contributed by atoms with Gasteiger partial charge in [0.05, 0.1) is 24.5 Å². The molecule has 1 atom stereocenters. The minimum Gasteiger partial charge on any atom is -0.379 e. The van der Waals surface area contributed by atoms with E-state index in [0.717, 1.165) is 64.3 Å². The van der Waals surface area contributed by atoms with Crippen molar-refractivity contribution in [2.75, 3.05) is 44.7 Å². The topological polar surface area (TPSA) is 118 Å². The number of nitrogens with zero attached hydrogens (tertiary/aromatic N) is 4. The fourth-order valence-electron chi connectivity index (χ4n) is 4.61. The van der Waals surface area contributed by atoms with Gasteiger partial charge in [0, 0.05) is 37.8 Å². The molecule has 192 valence electrons. The summed E-state index contributed by atoms with van der Waals surface area (Å²) >= 11 is 0. The summed E-state index contributed by atoms with van der Waals surface area (Å²) in [4.78, 5) is 28.4. The maximum Gasteiger partial charge on any atom is 0.251 e. The third-order valence-corrected chi connectivity index (χ3v) is 6.50. The second-order valence-corrected chi connectivity index (χ2v) is 8.97. The smallest absolute Gasteiger partial charge is 0.251 e. The molecule has 3 aromatic rings. The number of morpholine rings is 1. The molecule has 1 amide bonds. The van der Waals surface area contributed by atoms with Gasteiger partial charge in [-0.3, -0.25) is 9.69 Å². The molecule has 0 radical (unpaired) electrons. The van der Waals surface area contributed by atoms with Crippen molar-refractivity contribution >= 4 is 22.8 Å². The van der Waals surface area contributed by atoms with Crippen LogP contribution >= 0.6 is 0 Å². The highest BCUT2D eigenvalue weighted by molar-refractivity contribution is 6.06. The first-order chi connectivity index (χ1) is 17.7. The zero-order chi connectivity index (χ0) is 25.3. The fourth-order valence-corrected chi connectivity index (χ4v) is 4.61. The lowest BCUT2D eigenvalue weighted by atomic mass is 10.0. The van der Waals surface area contributed by atoms with E-state index in [1.54, 1.807) is 6.07 Å². The summed E-state index contributed by atoms with van der Waals surface area (Å²) in [6, 6.07) is 10.3. The van der Waals surface area contributed by atoms with Gasteiger partial charge in [-0.25, -0.2) is 15.0 Å². The zero-order valence-corrected chi connectivity index (χ0v) is 21.3. The van der Waals surface area contributed by atoms with Crippen LogP contribution in [0.3, 0.4) is 0 Å². The maximum atomic E-state index is 12.3. The van der Waals surface area contributed by atoms with Crippen molar-refractivity contribution in [2.24, 2.45) is 5.73 Å². The lowest BCUT2D eigenvalue weighted by Gasteiger charge is -2.26. The van der Waals surface area contributed by atoms with Crippen LogP contribution in [0, 0.1) is 0 Å². The first-order valence-corrected chi connectivity index (χ1v) is 13.0. The van der Waals surface area contributed by atoms with Gasteiger partial charge in [0.1, 0.15) is 17.4 Å². The molecule has 2 aromatic heterocycles. The molecular formula is C27H37N7O2. The monoisotopic (exact) mass is 491 g/mol. The Hall–Kier alpha value is -3.14. The molecule has 2 fully saturated rings. The van der Waals surface area contributed by atoms with Crippen molar-refractivity contribution in [3.8, 4) is 11.3 Å². The van der Waals surface area contributed by atoms with Crippen molar-refractivity contribution in [3.05, 3.63) is 47.8 Å². The van der Waals surface area contributed by atoms with E-state index in [0.29, 0.717) is 28.1 Å². The predicted molar refractivity (Wildman–Crippen MR) is 143 cm³/mol. The van der Waals surface area contributed by atoms with E-state index in [1.165, 1.54) is 18.3 Å². The Morgan fingerprint density at radius 3 is 2.67 bits per heavy atom. The highest BCUT2D eigenvalue weighted by Gasteiger charge is 2.19. The minimum atomic E-state index is -0.529. The molecule has 1 aromatic carbocycles. The summed E-state index contributed by atoms with van der Waals surface area (Å²) in [5.74, 6) is 0.102. The molecule has 9 nitrogen and oxygen atoms in total. The Kier molecular flexibility index (Phi) is 9.16. The third-order valence-electron chi connectivity index (χ3n) is 6.50. The standard InChI is InChI=1S/C25H31N7O2.C2H6/c26-24(33)20-13-21(18-6-4-17(5-7-18)15-32-9-11-34-12-10-32)31-23-22(20)28-16-29-25(23)30-19-3-1-2-8-27-14-19;1-2/h4-7,13,16,19,27H,1-3,8-12,14-15H2,(H2,26,33)(H,28,29,30);1-2H3. The molecule has 9 heteroatoms. The van der Waals surface area contributed by atoms with Crippen molar-refractivity contribution in [3.63, 3.8) is 0 Å². The van der Waals surface area contributed by atoms with Gasteiger partial charge in [-0.15, -0.1) is 0 Å². The van der Waals surface area contributed by atoms with E-state index < -0.39 is 5.91 Å². The normalized spacial score (nSPS) is 18.7. The molecule has 2 aliphatic rings. The number of hydrogen-bond donors (Lipinski definition) is 3. The van der Waals surface area contributed by atoms with Crippen LogP contribution in [0.5, 0.6) is 0 Å². The van der Waals surface area contributed by atoms with Crippen LogP contribution in [0.4, 0.5) is 5.82 Å². The van der Waals surface area contributed by atoms with Crippen molar-refractivity contribution in [2.45, 2.75) is 45.7 Å². The minimum absolute atomic E-state index is 0.238. The Morgan fingerprint density at radius 1 is 1.14 bits per heavy atom. The number of pyridine rings is 1. The average molecular weight is 492 g/mol. The number of anilines is 1. The summed E-state index contributed by atoms with van der Waals surface area (Å²) in [5, 5.41) is 6.98. The molecule has 0 aliphatic carbocycles. The molecule has 1 unspecified atom stereocenters. The maximum absolute atomic E-state index is 12.3. The molecular weight excluding hydrogens is 454 g/mol. The van der Waals surface area contributed by atoms with Gasteiger partial charge in [0.25, 0.3) is 5.91 Å². The molecule has 0 spiro atoms. The number of ether oxygens (including phenoxy) is 1. The van der Waals surface area contributed by atoms with Crippen molar-refractivity contribution < 1.29 is 9.53 Å².